The van der Waals surface area contributed by atoms with Gasteiger partial charge in [-0.2, -0.15) is 10.1 Å². The molecule has 10 heteroatoms. The van der Waals surface area contributed by atoms with Crippen LogP contribution >= 0.6 is 0 Å². The van der Waals surface area contributed by atoms with Crippen molar-refractivity contribution in [3.63, 3.8) is 0 Å². The second-order valence-corrected chi connectivity index (χ2v) is 7.63. The average Bonchev–Trinajstić information content (AvgIpc) is 3.11. The van der Waals surface area contributed by atoms with Crippen molar-refractivity contribution in [2.45, 2.75) is 39.5 Å². The molecule has 0 aliphatic heterocycles. The van der Waals surface area contributed by atoms with Crippen LogP contribution in [0.2, 0.25) is 0 Å². The molecule has 0 aliphatic carbocycles. The topological polar surface area (TPSA) is 116 Å². The van der Waals surface area contributed by atoms with Crippen molar-refractivity contribution in [2.75, 3.05) is 12.0 Å². The van der Waals surface area contributed by atoms with Crippen LogP contribution in [0.5, 0.6) is 0 Å². The van der Waals surface area contributed by atoms with Crippen LogP contribution in [0.1, 0.15) is 26.3 Å². The highest BCUT2D eigenvalue weighted by molar-refractivity contribution is 5.99. The molecule has 0 saturated heterocycles. The fourth-order valence-electron chi connectivity index (χ4n) is 3.15. The number of imidazole rings is 1. The summed E-state index contributed by atoms with van der Waals surface area (Å²) < 4.78 is 9.33. The number of aromatic nitrogens is 4. The zero-order chi connectivity index (χ0) is 22.7. The van der Waals surface area contributed by atoms with Crippen LogP contribution in [0, 0.1) is 0 Å². The second-order valence-electron chi connectivity index (χ2n) is 7.63. The highest BCUT2D eigenvalue weighted by Crippen LogP contribution is 2.17. The highest BCUT2D eigenvalue weighted by atomic mass is 16.5. The third-order valence-corrected chi connectivity index (χ3v) is 4.88. The fourth-order valence-corrected chi connectivity index (χ4v) is 3.15. The Morgan fingerprint density at radius 2 is 1.87 bits per heavy atom. The second kappa shape index (κ2) is 9.27. The Kier molecular flexibility index (Phi) is 6.71. The van der Waals surface area contributed by atoms with Gasteiger partial charge in [-0.15, -0.1) is 0 Å². The van der Waals surface area contributed by atoms with E-state index >= 15 is 0 Å². The van der Waals surface area contributed by atoms with Gasteiger partial charge < -0.3 is 14.4 Å². The number of aliphatic hydroxyl groups excluding tert-OH is 1. The van der Waals surface area contributed by atoms with E-state index in [1.165, 1.54) is 16.2 Å². The molecule has 0 fully saturated rings. The van der Waals surface area contributed by atoms with E-state index in [0.717, 1.165) is 10.1 Å². The van der Waals surface area contributed by atoms with Crippen LogP contribution < -0.4 is 16.7 Å². The Labute approximate surface area is 179 Å². The summed E-state index contributed by atoms with van der Waals surface area (Å²) in [6.45, 7) is 5.72. The van der Waals surface area contributed by atoms with Gasteiger partial charge in [0.25, 0.3) is 5.56 Å². The monoisotopic (exact) mass is 428 g/mol. The Morgan fingerprint density at radius 1 is 1.19 bits per heavy atom. The van der Waals surface area contributed by atoms with E-state index < -0.39 is 17.4 Å². The van der Waals surface area contributed by atoms with Gasteiger partial charge in [0.1, 0.15) is 0 Å². The van der Waals surface area contributed by atoms with Gasteiger partial charge in [-0.3, -0.25) is 13.9 Å². The van der Waals surface area contributed by atoms with Crippen LogP contribution in [0.3, 0.4) is 0 Å². The number of benzene rings is 1. The molecule has 3 rings (SSSR count). The SMILES string of the molecule is CC(=NNc1nc2c(c(=O)n(C)c(=O)n2C)n1CC(O)COC(C)C)c1ccccc1. The molecule has 2 N–H and O–H groups in total. The van der Waals surface area contributed by atoms with Gasteiger partial charge in [-0.05, 0) is 26.3 Å². The quantitative estimate of drug-likeness (QED) is 0.409. The lowest BCUT2D eigenvalue weighted by Crippen LogP contribution is -2.38. The third kappa shape index (κ3) is 4.75. The molecule has 1 atom stereocenters. The number of anilines is 1. The lowest BCUT2D eigenvalue weighted by Gasteiger charge is -2.16. The van der Waals surface area contributed by atoms with Gasteiger partial charge in [0.15, 0.2) is 11.2 Å². The standard InChI is InChI=1S/C21H28N6O4/c1-13(2)31-12-16(28)11-27-17-18(25(4)21(30)26(5)19(17)29)22-20(27)24-23-14(3)15-9-7-6-8-10-15/h6-10,13,16,28H,11-12H2,1-5H3,(H,22,24). The number of fused-ring (bicyclic) bond motifs is 1. The van der Waals surface area contributed by atoms with Gasteiger partial charge in [0.05, 0.1) is 31.1 Å². The molecule has 1 aromatic carbocycles. The summed E-state index contributed by atoms with van der Waals surface area (Å²) in [6.07, 6.45) is -0.930. The smallest absolute Gasteiger partial charge is 0.332 e. The summed E-state index contributed by atoms with van der Waals surface area (Å²) in [4.78, 5) is 29.6. The summed E-state index contributed by atoms with van der Waals surface area (Å²) in [5.74, 6) is 0.243. The van der Waals surface area contributed by atoms with Crippen molar-refractivity contribution in [1.82, 2.24) is 18.7 Å². The van der Waals surface area contributed by atoms with Gasteiger partial charge in [0, 0.05) is 14.1 Å². The molecular weight excluding hydrogens is 400 g/mol. The number of rotatable bonds is 8. The van der Waals surface area contributed by atoms with E-state index in [1.54, 1.807) is 7.05 Å². The van der Waals surface area contributed by atoms with Crippen LogP contribution in [0.4, 0.5) is 5.95 Å². The minimum atomic E-state index is -0.888. The first-order valence-corrected chi connectivity index (χ1v) is 10.0. The predicted octanol–water partition coefficient (Wildman–Crippen LogP) is 1.06. The Balaban J connectivity index is 2.07. The molecule has 2 heterocycles. The summed E-state index contributed by atoms with van der Waals surface area (Å²) >= 11 is 0. The van der Waals surface area contributed by atoms with E-state index in [-0.39, 0.29) is 36.4 Å². The molecule has 2 aromatic heterocycles. The van der Waals surface area contributed by atoms with Crippen molar-refractivity contribution in [1.29, 1.82) is 0 Å². The molecule has 3 aromatic rings. The normalized spacial score (nSPS) is 13.2. The number of nitrogens with zero attached hydrogens (tertiary/aromatic N) is 5. The number of hydrazone groups is 1. The van der Waals surface area contributed by atoms with Gasteiger partial charge >= 0.3 is 5.69 Å². The predicted molar refractivity (Wildman–Crippen MR) is 120 cm³/mol. The fraction of sp³-hybridized carbons (Fsp3) is 0.429. The molecule has 166 valence electrons. The van der Waals surface area contributed by atoms with Gasteiger partial charge in [-0.1, -0.05) is 30.3 Å². The highest BCUT2D eigenvalue weighted by Gasteiger charge is 2.21. The summed E-state index contributed by atoms with van der Waals surface area (Å²) in [7, 11) is 2.95. The van der Waals surface area contributed by atoms with E-state index in [1.807, 2.05) is 51.1 Å². The minimum Gasteiger partial charge on any atom is -0.389 e. The molecule has 0 aliphatic rings. The van der Waals surface area contributed by atoms with E-state index in [0.29, 0.717) is 5.71 Å². The first-order chi connectivity index (χ1) is 14.7. The maximum atomic E-state index is 12.9. The number of aryl methyl sites for hydroxylation is 1. The van der Waals surface area contributed by atoms with Crippen molar-refractivity contribution >= 4 is 22.8 Å². The molecule has 31 heavy (non-hydrogen) atoms. The first kappa shape index (κ1) is 22.4. The Morgan fingerprint density at radius 3 is 2.52 bits per heavy atom. The van der Waals surface area contributed by atoms with Crippen LogP contribution in [0.15, 0.2) is 45.0 Å². The number of aliphatic hydroxyl groups is 1. The number of ether oxygens (including phenoxy) is 1. The molecule has 0 bridgehead atoms. The zero-order valence-electron chi connectivity index (χ0n) is 18.4. The number of hydrogen-bond acceptors (Lipinski definition) is 7. The summed E-state index contributed by atoms with van der Waals surface area (Å²) in [6, 6.07) is 9.59. The lowest BCUT2D eigenvalue weighted by atomic mass is 10.1. The molecule has 0 radical (unpaired) electrons. The maximum absolute atomic E-state index is 12.9. The van der Waals surface area contributed by atoms with Crippen molar-refractivity contribution in [3.05, 3.63) is 56.7 Å². The van der Waals surface area contributed by atoms with Crippen molar-refractivity contribution < 1.29 is 9.84 Å². The van der Waals surface area contributed by atoms with Crippen LogP contribution in [-0.2, 0) is 25.4 Å². The molecule has 0 spiro atoms. The average molecular weight is 428 g/mol. The lowest BCUT2D eigenvalue weighted by molar-refractivity contribution is -0.000110. The van der Waals surface area contributed by atoms with Gasteiger partial charge in [-0.25, -0.2) is 10.2 Å². The van der Waals surface area contributed by atoms with E-state index in [4.69, 9.17) is 4.74 Å². The van der Waals surface area contributed by atoms with E-state index in [2.05, 4.69) is 15.5 Å². The molecule has 1 unspecified atom stereocenters. The third-order valence-electron chi connectivity index (χ3n) is 4.88. The summed E-state index contributed by atoms with van der Waals surface area (Å²) in [5.41, 5.74) is 3.94. The first-order valence-electron chi connectivity index (χ1n) is 10.0. The van der Waals surface area contributed by atoms with Crippen molar-refractivity contribution in [3.8, 4) is 0 Å². The Bertz CT molecular complexity index is 1210. The van der Waals surface area contributed by atoms with Crippen LogP contribution in [0.25, 0.3) is 11.2 Å². The van der Waals surface area contributed by atoms with Crippen molar-refractivity contribution in [2.24, 2.45) is 19.2 Å². The number of nitrogens with one attached hydrogen (secondary N) is 1. The minimum absolute atomic E-state index is 0.0406. The van der Waals surface area contributed by atoms with Crippen LogP contribution in [-0.4, -0.2) is 48.3 Å². The molecule has 0 amide bonds. The Hall–Kier alpha value is -3.24. The van der Waals surface area contributed by atoms with Gasteiger partial charge in [0.2, 0.25) is 5.95 Å². The van der Waals surface area contributed by atoms with E-state index in [9.17, 15) is 14.7 Å². The largest absolute Gasteiger partial charge is 0.389 e. The summed E-state index contributed by atoms with van der Waals surface area (Å²) in [5, 5.41) is 14.9. The molecule has 0 saturated carbocycles. The maximum Gasteiger partial charge on any atom is 0.332 e. The number of hydrogen-bond donors (Lipinski definition) is 2. The zero-order valence-corrected chi connectivity index (χ0v) is 18.4. The molecule has 10 nitrogen and oxygen atoms in total. The molecular formula is C21H28N6O4.